The van der Waals surface area contributed by atoms with Gasteiger partial charge in [-0.15, -0.1) is 0 Å². The predicted octanol–water partition coefficient (Wildman–Crippen LogP) is 2.65. The highest BCUT2D eigenvalue weighted by Crippen LogP contribution is 2.13. The van der Waals surface area contributed by atoms with Gasteiger partial charge in [-0.2, -0.15) is 0 Å². The lowest BCUT2D eigenvalue weighted by atomic mass is 10.2. The summed E-state index contributed by atoms with van der Waals surface area (Å²) in [4.78, 5) is 10.2. The molecule has 0 radical (unpaired) electrons. The number of ether oxygens (including phenoxy) is 1. The van der Waals surface area contributed by atoms with Crippen LogP contribution in [-0.2, 0) is 14.5 Å². The van der Waals surface area contributed by atoms with E-state index in [0.717, 1.165) is 25.9 Å². The van der Waals surface area contributed by atoms with Crippen LogP contribution in [0, 0.1) is 0 Å². The van der Waals surface area contributed by atoms with Crippen LogP contribution in [-0.4, -0.2) is 19.5 Å². The third-order valence-corrected chi connectivity index (χ3v) is 2.14. The van der Waals surface area contributed by atoms with Gasteiger partial charge < -0.3 is 4.74 Å². The number of rotatable bonds is 6. The molecule has 1 saturated heterocycles. The highest BCUT2D eigenvalue weighted by Gasteiger charge is 2.14. The van der Waals surface area contributed by atoms with Gasteiger partial charge in [0.1, 0.15) is 0 Å². The molecule has 1 aliphatic rings. The van der Waals surface area contributed by atoms with Gasteiger partial charge >= 0.3 is 0 Å². The monoisotopic (exact) mass is 188 g/mol. The molecule has 78 valence electrons. The van der Waals surface area contributed by atoms with E-state index in [4.69, 9.17) is 14.5 Å². The van der Waals surface area contributed by atoms with E-state index < -0.39 is 0 Å². The summed E-state index contributed by atoms with van der Waals surface area (Å²) in [6.45, 7) is 3.67. The molecule has 3 heteroatoms. The van der Waals surface area contributed by atoms with Crippen LogP contribution in [0.3, 0.4) is 0 Å². The first-order valence-electron chi connectivity index (χ1n) is 5.33. The lowest BCUT2D eigenvalue weighted by molar-refractivity contribution is -0.384. The molecule has 1 unspecified atom stereocenters. The third-order valence-electron chi connectivity index (χ3n) is 2.14. The predicted molar refractivity (Wildman–Crippen MR) is 50.2 cm³/mol. The SMILES string of the molecule is CCCCCOOC1CCCCO1. The molecule has 0 spiro atoms. The van der Waals surface area contributed by atoms with Crippen LogP contribution in [0.2, 0.25) is 0 Å². The Kier molecular flexibility index (Phi) is 6.15. The van der Waals surface area contributed by atoms with Crippen molar-refractivity contribution in [2.24, 2.45) is 0 Å². The topological polar surface area (TPSA) is 27.7 Å². The molecule has 0 amide bonds. The summed E-state index contributed by atoms with van der Waals surface area (Å²) in [6.07, 6.45) is 6.67. The van der Waals surface area contributed by atoms with Crippen molar-refractivity contribution in [1.29, 1.82) is 0 Å². The lowest BCUT2D eigenvalue weighted by Gasteiger charge is -2.21. The van der Waals surface area contributed by atoms with Gasteiger partial charge in [0.25, 0.3) is 0 Å². The highest BCUT2D eigenvalue weighted by molar-refractivity contribution is 4.51. The molecule has 0 aromatic heterocycles. The molecule has 0 saturated carbocycles. The van der Waals surface area contributed by atoms with Crippen molar-refractivity contribution in [3.05, 3.63) is 0 Å². The van der Waals surface area contributed by atoms with Crippen molar-refractivity contribution >= 4 is 0 Å². The minimum atomic E-state index is -0.115. The van der Waals surface area contributed by atoms with Crippen molar-refractivity contribution in [1.82, 2.24) is 0 Å². The van der Waals surface area contributed by atoms with Gasteiger partial charge in [0.2, 0.25) is 0 Å². The number of unbranched alkanes of at least 4 members (excludes halogenated alkanes) is 2. The van der Waals surface area contributed by atoms with Gasteiger partial charge in [0, 0.05) is 13.0 Å². The van der Waals surface area contributed by atoms with Crippen molar-refractivity contribution < 1.29 is 14.5 Å². The van der Waals surface area contributed by atoms with Crippen molar-refractivity contribution in [3.63, 3.8) is 0 Å². The van der Waals surface area contributed by atoms with E-state index in [9.17, 15) is 0 Å². The second kappa shape index (κ2) is 7.30. The first kappa shape index (κ1) is 11.0. The van der Waals surface area contributed by atoms with E-state index in [2.05, 4.69) is 6.92 Å². The van der Waals surface area contributed by atoms with Gasteiger partial charge in [-0.05, 0) is 19.3 Å². The largest absolute Gasteiger partial charge is 0.350 e. The van der Waals surface area contributed by atoms with Crippen molar-refractivity contribution in [2.75, 3.05) is 13.2 Å². The molecular formula is C10H20O3. The highest BCUT2D eigenvalue weighted by atomic mass is 17.2. The number of hydrogen-bond donors (Lipinski definition) is 0. The average Bonchev–Trinajstić information content (AvgIpc) is 2.19. The van der Waals surface area contributed by atoms with Crippen LogP contribution in [0.5, 0.6) is 0 Å². The summed E-state index contributed by atoms with van der Waals surface area (Å²) < 4.78 is 5.34. The molecule has 1 rings (SSSR count). The maximum absolute atomic E-state index is 5.34. The Morgan fingerprint density at radius 1 is 1.31 bits per heavy atom. The summed E-state index contributed by atoms with van der Waals surface area (Å²) in [6, 6.07) is 0. The normalized spacial score (nSPS) is 23.3. The molecule has 1 fully saturated rings. The summed E-state index contributed by atoms with van der Waals surface area (Å²) in [5, 5.41) is 0. The second-order valence-corrected chi connectivity index (χ2v) is 3.42. The second-order valence-electron chi connectivity index (χ2n) is 3.42. The molecule has 13 heavy (non-hydrogen) atoms. The summed E-state index contributed by atoms with van der Waals surface area (Å²) in [5.41, 5.74) is 0. The van der Waals surface area contributed by atoms with Gasteiger partial charge in [0.05, 0.1) is 6.61 Å². The minimum absolute atomic E-state index is 0.115. The Labute approximate surface area is 80.3 Å². The zero-order valence-electron chi connectivity index (χ0n) is 8.46. The molecule has 1 atom stereocenters. The van der Waals surface area contributed by atoms with Crippen LogP contribution in [0.15, 0.2) is 0 Å². The van der Waals surface area contributed by atoms with Crippen LogP contribution < -0.4 is 0 Å². The van der Waals surface area contributed by atoms with Gasteiger partial charge in [-0.25, -0.2) is 9.78 Å². The van der Waals surface area contributed by atoms with E-state index in [1.54, 1.807) is 0 Å². The van der Waals surface area contributed by atoms with Gasteiger partial charge in [-0.3, -0.25) is 0 Å². The van der Waals surface area contributed by atoms with Gasteiger partial charge in [0.15, 0.2) is 6.29 Å². The molecule has 3 nitrogen and oxygen atoms in total. The Hall–Kier alpha value is -0.120. The first-order chi connectivity index (χ1) is 6.43. The summed E-state index contributed by atoms with van der Waals surface area (Å²) >= 11 is 0. The molecule has 1 heterocycles. The van der Waals surface area contributed by atoms with Crippen molar-refractivity contribution in [3.8, 4) is 0 Å². The van der Waals surface area contributed by atoms with E-state index in [0.29, 0.717) is 6.61 Å². The molecule has 0 aromatic rings. The molecule has 0 aromatic carbocycles. The Morgan fingerprint density at radius 2 is 2.23 bits per heavy atom. The molecule has 0 aliphatic carbocycles. The Morgan fingerprint density at radius 3 is 2.92 bits per heavy atom. The van der Waals surface area contributed by atoms with Gasteiger partial charge in [-0.1, -0.05) is 19.8 Å². The maximum Gasteiger partial charge on any atom is 0.191 e. The van der Waals surface area contributed by atoms with Crippen LogP contribution in [0.25, 0.3) is 0 Å². The fourth-order valence-corrected chi connectivity index (χ4v) is 1.32. The maximum atomic E-state index is 5.34. The summed E-state index contributed by atoms with van der Waals surface area (Å²) in [7, 11) is 0. The quantitative estimate of drug-likeness (QED) is 0.364. The molecular weight excluding hydrogens is 168 g/mol. The first-order valence-corrected chi connectivity index (χ1v) is 5.33. The lowest BCUT2D eigenvalue weighted by Crippen LogP contribution is -2.22. The molecule has 1 aliphatic heterocycles. The fraction of sp³-hybridized carbons (Fsp3) is 1.00. The smallest absolute Gasteiger partial charge is 0.191 e. The van der Waals surface area contributed by atoms with E-state index in [1.165, 1.54) is 19.3 Å². The summed E-state index contributed by atoms with van der Waals surface area (Å²) in [5.74, 6) is 0. The van der Waals surface area contributed by atoms with Crippen LogP contribution in [0.4, 0.5) is 0 Å². The van der Waals surface area contributed by atoms with E-state index in [1.807, 2.05) is 0 Å². The van der Waals surface area contributed by atoms with E-state index in [-0.39, 0.29) is 6.29 Å². The van der Waals surface area contributed by atoms with Crippen molar-refractivity contribution in [2.45, 2.75) is 51.7 Å². The zero-order chi connectivity index (χ0) is 9.36. The Balaban J connectivity index is 1.86. The average molecular weight is 188 g/mol. The van der Waals surface area contributed by atoms with Crippen LogP contribution in [0.1, 0.15) is 45.4 Å². The fourth-order valence-electron chi connectivity index (χ4n) is 1.32. The zero-order valence-corrected chi connectivity index (χ0v) is 8.46. The third kappa shape index (κ3) is 5.24. The number of hydrogen-bond acceptors (Lipinski definition) is 3. The van der Waals surface area contributed by atoms with E-state index >= 15 is 0 Å². The minimum Gasteiger partial charge on any atom is -0.350 e. The standard InChI is InChI=1S/C10H20O3/c1-2-3-5-9-12-13-10-7-4-6-8-11-10/h10H,2-9H2,1H3. The molecule has 0 bridgehead atoms. The van der Waals surface area contributed by atoms with Crippen LogP contribution >= 0.6 is 0 Å². The Bertz CT molecular complexity index is 111. The molecule has 0 N–H and O–H groups in total.